The van der Waals surface area contributed by atoms with Crippen LogP contribution in [0.3, 0.4) is 0 Å². The summed E-state index contributed by atoms with van der Waals surface area (Å²) in [6.07, 6.45) is 0.423. The number of hydrogen-bond donors (Lipinski definition) is 2. The summed E-state index contributed by atoms with van der Waals surface area (Å²) in [6.45, 7) is 4.40. The molecule has 1 heterocycles. The zero-order chi connectivity index (χ0) is 11.3. The Labute approximate surface area is 89.3 Å². The number of carbonyl (C=O) groups excluding carboxylic acids is 1. The monoisotopic (exact) mass is 208 g/mol. The highest BCUT2D eigenvalue weighted by Gasteiger charge is 2.04. The first-order valence-corrected chi connectivity index (χ1v) is 4.88. The Morgan fingerprint density at radius 1 is 1.33 bits per heavy atom. The maximum Gasteiger partial charge on any atom is 0.229 e. The Hall–Kier alpha value is -1.49. The normalized spacial score (nSPS) is 10.1. The molecule has 0 radical (unpaired) electrons. The van der Waals surface area contributed by atoms with E-state index in [9.17, 15) is 4.79 Å². The molecule has 1 amide bonds. The van der Waals surface area contributed by atoms with Crippen molar-refractivity contribution < 1.29 is 4.79 Å². The third kappa shape index (κ3) is 4.03. The van der Waals surface area contributed by atoms with Crippen molar-refractivity contribution in [3.63, 3.8) is 0 Å². The second kappa shape index (κ2) is 5.41. The zero-order valence-corrected chi connectivity index (χ0v) is 9.29. The minimum absolute atomic E-state index is 0.0747. The molecule has 0 aliphatic heterocycles. The van der Waals surface area contributed by atoms with Gasteiger partial charge in [0.25, 0.3) is 0 Å². The fourth-order valence-corrected chi connectivity index (χ4v) is 1.21. The number of hydrogen-bond acceptors (Lipinski definition) is 4. The van der Waals surface area contributed by atoms with Gasteiger partial charge in [-0.1, -0.05) is 0 Å². The number of nitrogens with one attached hydrogen (secondary N) is 2. The van der Waals surface area contributed by atoms with E-state index >= 15 is 0 Å². The van der Waals surface area contributed by atoms with Gasteiger partial charge in [-0.2, -0.15) is 0 Å². The first-order chi connectivity index (χ1) is 7.11. The third-order valence-electron chi connectivity index (χ3n) is 1.84. The van der Waals surface area contributed by atoms with Gasteiger partial charge in [-0.15, -0.1) is 0 Å². The van der Waals surface area contributed by atoms with Crippen molar-refractivity contribution >= 4 is 11.9 Å². The molecule has 2 N–H and O–H groups in total. The van der Waals surface area contributed by atoms with E-state index in [1.165, 1.54) is 0 Å². The van der Waals surface area contributed by atoms with Crippen LogP contribution in [0.2, 0.25) is 0 Å². The second-order valence-corrected chi connectivity index (χ2v) is 3.38. The van der Waals surface area contributed by atoms with Crippen LogP contribution in [0.1, 0.15) is 17.8 Å². The molecule has 5 nitrogen and oxygen atoms in total. The van der Waals surface area contributed by atoms with Crippen molar-refractivity contribution in [2.75, 3.05) is 18.9 Å². The first kappa shape index (κ1) is 11.6. The number of carbonyl (C=O) groups is 1. The molecule has 1 aromatic heterocycles. The molecular formula is C10H16N4O. The summed E-state index contributed by atoms with van der Waals surface area (Å²) in [6, 6.07) is 1.86. The van der Waals surface area contributed by atoms with Crippen LogP contribution in [-0.2, 0) is 4.79 Å². The van der Waals surface area contributed by atoms with Crippen LogP contribution < -0.4 is 10.6 Å². The van der Waals surface area contributed by atoms with Crippen molar-refractivity contribution in [1.82, 2.24) is 15.3 Å². The molecule has 0 fully saturated rings. The summed E-state index contributed by atoms with van der Waals surface area (Å²) in [4.78, 5) is 19.6. The van der Waals surface area contributed by atoms with E-state index in [0.717, 1.165) is 11.4 Å². The Balaban J connectivity index is 2.60. The van der Waals surface area contributed by atoms with E-state index in [1.807, 2.05) is 19.9 Å². The van der Waals surface area contributed by atoms with Gasteiger partial charge in [0.05, 0.1) is 0 Å². The predicted octanol–water partition coefficient (Wildman–Crippen LogP) is 0.641. The lowest BCUT2D eigenvalue weighted by Crippen LogP contribution is -2.20. The van der Waals surface area contributed by atoms with Crippen molar-refractivity contribution in [3.8, 4) is 0 Å². The minimum atomic E-state index is -0.0747. The number of anilines is 1. The summed E-state index contributed by atoms with van der Waals surface area (Å²) in [5.41, 5.74) is 1.71. The van der Waals surface area contributed by atoms with Crippen LogP contribution in [0.4, 0.5) is 5.95 Å². The lowest BCUT2D eigenvalue weighted by atomic mass is 10.3. The van der Waals surface area contributed by atoms with E-state index in [2.05, 4.69) is 20.6 Å². The van der Waals surface area contributed by atoms with Gasteiger partial charge in [0, 0.05) is 24.4 Å². The number of aromatic nitrogens is 2. The van der Waals surface area contributed by atoms with E-state index in [0.29, 0.717) is 18.9 Å². The van der Waals surface area contributed by atoms with Gasteiger partial charge in [-0.3, -0.25) is 10.1 Å². The molecule has 0 unspecified atom stereocenters. The van der Waals surface area contributed by atoms with Crippen LogP contribution in [0, 0.1) is 13.8 Å². The molecule has 0 saturated carbocycles. The maximum absolute atomic E-state index is 11.4. The zero-order valence-electron chi connectivity index (χ0n) is 9.29. The van der Waals surface area contributed by atoms with E-state index in [1.54, 1.807) is 7.05 Å². The van der Waals surface area contributed by atoms with Crippen LogP contribution in [-0.4, -0.2) is 29.5 Å². The van der Waals surface area contributed by atoms with Crippen molar-refractivity contribution in [1.29, 1.82) is 0 Å². The van der Waals surface area contributed by atoms with Gasteiger partial charge < -0.3 is 5.32 Å². The average molecular weight is 208 g/mol. The number of amides is 1. The molecule has 0 saturated heterocycles. The molecule has 0 atom stereocenters. The first-order valence-electron chi connectivity index (χ1n) is 4.88. The number of aryl methyl sites for hydroxylation is 2. The van der Waals surface area contributed by atoms with Crippen molar-refractivity contribution in [2.24, 2.45) is 0 Å². The lowest BCUT2D eigenvalue weighted by molar-refractivity contribution is -0.116. The molecule has 1 rings (SSSR count). The summed E-state index contributed by atoms with van der Waals surface area (Å²) >= 11 is 0. The third-order valence-corrected chi connectivity index (χ3v) is 1.84. The van der Waals surface area contributed by atoms with Gasteiger partial charge in [0.15, 0.2) is 0 Å². The van der Waals surface area contributed by atoms with Gasteiger partial charge in [-0.05, 0) is 27.0 Å². The second-order valence-electron chi connectivity index (χ2n) is 3.38. The average Bonchev–Trinajstić information content (AvgIpc) is 2.13. The summed E-state index contributed by atoms with van der Waals surface area (Å²) in [5.74, 6) is 0.308. The van der Waals surface area contributed by atoms with Gasteiger partial charge in [0.2, 0.25) is 11.9 Å². The van der Waals surface area contributed by atoms with Crippen molar-refractivity contribution in [3.05, 3.63) is 17.5 Å². The molecule has 0 aliphatic rings. The highest BCUT2D eigenvalue weighted by molar-refractivity contribution is 5.89. The molecule has 0 aromatic carbocycles. The smallest absolute Gasteiger partial charge is 0.229 e. The molecule has 0 spiro atoms. The Kier molecular flexibility index (Phi) is 4.17. The highest BCUT2D eigenvalue weighted by atomic mass is 16.1. The molecule has 15 heavy (non-hydrogen) atoms. The number of rotatable bonds is 4. The fourth-order valence-electron chi connectivity index (χ4n) is 1.21. The van der Waals surface area contributed by atoms with Gasteiger partial charge in [-0.25, -0.2) is 9.97 Å². The summed E-state index contributed by atoms with van der Waals surface area (Å²) in [5, 5.41) is 5.56. The molecule has 82 valence electrons. The number of nitrogens with zero attached hydrogens (tertiary/aromatic N) is 2. The Morgan fingerprint density at radius 3 is 2.47 bits per heavy atom. The minimum Gasteiger partial charge on any atom is -0.319 e. The quantitative estimate of drug-likeness (QED) is 0.762. The SMILES string of the molecule is CNCCC(=O)Nc1nc(C)cc(C)n1. The Morgan fingerprint density at radius 2 is 1.93 bits per heavy atom. The van der Waals surface area contributed by atoms with Crippen LogP contribution >= 0.6 is 0 Å². The molecule has 0 aliphatic carbocycles. The van der Waals surface area contributed by atoms with Crippen molar-refractivity contribution in [2.45, 2.75) is 20.3 Å². The summed E-state index contributed by atoms with van der Waals surface area (Å²) < 4.78 is 0. The van der Waals surface area contributed by atoms with Crippen LogP contribution in [0.5, 0.6) is 0 Å². The molecule has 1 aromatic rings. The molecular weight excluding hydrogens is 192 g/mol. The fraction of sp³-hybridized carbons (Fsp3) is 0.500. The predicted molar refractivity (Wildman–Crippen MR) is 58.7 cm³/mol. The van der Waals surface area contributed by atoms with Gasteiger partial charge >= 0.3 is 0 Å². The van der Waals surface area contributed by atoms with Gasteiger partial charge in [0.1, 0.15) is 0 Å². The lowest BCUT2D eigenvalue weighted by Gasteiger charge is -2.04. The standard InChI is InChI=1S/C10H16N4O/c1-7-6-8(2)13-10(12-7)14-9(15)4-5-11-3/h6,11H,4-5H2,1-3H3,(H,12,13,14,15). The van der Waals surface area contributed by atoms with Crippen LogP contribution in [0.15, 0.2) is 6.07 Å². The maximum atomic E-state index is 11.4. The van der Waals surface area contributed by atoms with Crippen LogP contribution in [0.25, 0.3) is 0 Å². The molecule has 0 bridgehead atoms. The molecule has 5 heteroatoms. The largest absolute Gasteiger partial charge is 0.319 e. The topological polar surface area (TPSA) is 66.9 Å². The van der Waals surface area contributed by atoms with E-state index in [-0.39, 0.29) is 5.91 Å². The Bertz CT molecular complexity index is 331. The summed E-state index contributed by atoms with van der Waals surface area (Å²) in [7, 11) is 1.81. The van der Waals surface area contributed by atoms with E-state index in [4.69, 9.17) is 0 Å². The highest BCUT2D eigenvalue weighted by Crippen LogP contribution is 2.03. The van der Waals surface area contributed by atoms with E-state index < -0.39 is 0 Å².